The Morgan fingerprint density at radius 2 is 1.57 bits per heavy atom. The minimum absolute atomic E-state index is 0.0299. The second kappa shape index (κ2) is 7.37. The molecule has 1 saturated heterocycles. The molecule has 1 fully saturated rings. The number of aryl methyl sites for hydroxylation is 2. The zero-order valence-electron chi connectivity index (χ0n) is 17.2. The average molecular weight is 405 g/mol. The molecular weight excluding hydrogens is 376 g/mol. The van der Waals surface area contributed by atoms with Gasteiger partial charge < -0.3 is 9.32 Å². The van der Waals surface area contributed by atoms with Gasteiger partial charge in [0, 0.05) is 26.2 Å². The van der Waals surface area contributed by atoms with Crippen molar-refractivity contribution in [3.05, 3.63) is 53.0 Å². The number of amides is 1. The number of rotatable bonds is 3. The molecule has 1 aliphatic rings. The van der Waals surface area contributed by atoms with E-state index < -0.39 is 10.0 Å². The van der Waals surface area contributed by atoms with E-state index in [-0.39, 0.29) is 24.4 Å². The predicted molar refractivity (Wildman–Crippen MR) is 108 cm³/mol. The van der Waals surface area contributed by atoms with Gasteiger partial charge in [-0.3, -0.25) is 4.79 Å². The topological polar surface area (TPSA) is 70.8 Å². The molecule has 0 bridgehead atoms. The van der Waals surface area contributed by atoms with Gasteiger partial charge in [0.2, 0.25) is 10.0 Å². The standard InChI is InChI=1S/C21H28N2O4S/c1-15-14-19(16(2)27-15)20(24)22-10-12-23(13-11-22)28(25,26)18-8-6-17(7-9-18)21(3,4)5/h6-9,14H,10-13H2,1-5H3. The van der Waals surface area contributed by atoms with Gasteiger partial charge in [-0.25, -0.2) is 8.42 Å². The third kappa shape index (κ3) is 4.00. The first-order valence-corrected chi connectivity index (χ1v) is 10.9. The molecule has 1 aromatic carbocycles. The molecule has 0 N–H and O–H groups in total. The number of piperazine rings is 1. The van der Waals surface area contributed by atoms with Gasteiger partial charge in [-0.15, -0.1) is 0 Å². The molecule has 0 spiro atoms. The maximum absolute atomic E-state index is 13.0. The third-order valence-corrected chi connectivity index (χ3v) is 7.07. The Kier molecular flexibility index (Phi) is 5.42. The van der Waals surface area contributed by atoms with Crippen LogP contribution in [0.3, 0.4) is 0 Å². The number of furan rings is 1. The highest BCUT2D eigenvalue weighted by Gasteiger charge is 2.31. The van der Waals surface area contributed by atoms with Crippen LogP contribution in [0.4, 0.5) is 0 Å². The molecule has 6 nitrogen and oxygen atoms in total. The molecule has 1 aromatic heterocycles. The Hall–Kier alpha value is -2.12. The van der Waals surface area contributed by atoms with Crippen LogP contribution in [-0.4, -0.2) is 49.7 Å². The second-order valence-electron chi connectivity index (χ2n) is 8.30. The number of carbonyl (C=O) groups is 1. The molecule has 28 heavy (non-hydrogen) atoms. The predicted octanol–water partition coefficient (Wildman–Crippen LogP) is 3.34. The Morgan fingerprint density at radius 1 is 1.00 bits per heavy atom. The summed E-state index contributed by atoms with van der Waals surface area (Å²) in [6, 6.07) is 8.82. The molecule has 0 unspecified atom stereocenters. The largest absolute Gasteiger partial charge is 0.466 e. The van der Waals surface area contributed by atoms with Crippen molar-refractivity contribution in [3.63, 3.8) is 0 Å². The lowest BCUT2D eigenvalue weighted by atomic mass is 9.87. The quantitative estimate of drug-likeness (QED) is 0.787. The van der Waals surface area contributed by atoms with Crippen LogP contribution in [0, 0.1) is 13.8 Å². The van der Waals surface area contributed by atoms with Gasteiger partial charge >= 0.3 is 0 Å². The maximum Gasteiger partial charge on any atom is 0.257 e. The van der Waals surface area contributed by atoms with E-state index in [1.54, 1.807) is 36.9 Å². The molecular formula is C21H28N2O4S. The van der Waals surface area contributed by atoms with E-state index in [9.17, 15) is 13.2 Å². The van der Waals surface area contributed by atoms with Crippen molar-refractivity contribution in [2.75, 3.05) is 26.2 Å². The molecule has 2 aromatic rings. The van der Waals surface area contributed by atoms with Gasteiger partial charge in [-0.2, -0.15) is 4.31 Å². The number of benzene rings is 1. The van der Waals surface area contributed by atoms with E-state index >= 15 is 0 Å². The SMILES string of the molecule is Cc1cc(C(=O)N2CCN(S(=O)(=O)c3ccc(C(C)(C)C)cc3)CC2)c(C)o1. The highest BCUT2D eigenvalue weighted by atomic mass is 32.2. The lowest BCUT2D eigenvalue weighted by Gasteiger charge is -2.34. The molecule has 3 rings (SSSR count). The fourth-order valence-corrected chi connectivity index (χ4v) is 4.84. The van der Waals surface area contributed by atoms with Crippen LogP contribution in [-0.2, 0) is 15.4 Å². The van der Waals surface area contributed by atoms with Crippen LogP contribution in [0.25, 0.3) is 0 Å². The summed E-state index contributed by atoms with van der Waals surface area (Å²) in [4.78, 5) is 14.7. The second-order valence-corrected chi connectivity index (χ2v) is 10.2. The van der Waals surface area contributed by atoms with Crippen molar-refractivity contribution in [2.24, 2.45) is 0 Å². The molecule has 0 atom stereocenters. The molecule has 152 valence electrons. The molecule has 0 aliphatic carbocycles. The lowest BCUT2D eigenvalue weighted by Crippen LogP contribution is -2.50. The Labute approximate surface area is 167 Å². The fourth-order valence-electron chi connectivity index (χ4n) is 3.42. The summed E-state index contributed by atoms with van der Waals surface area (Å²) in [5, 5.41) is 0. The Balaban J connectivity index is 1.70. The minimum Gasteiger partial charge on any atom is -0.466 e. The van der Waals surface area contributed by atoms with Gasteiger partial charge in [-0.05, 0) is 43.0 Å². The number of sulfonamides is 1. The summed E-state index contributed by atoms with van der Waals surface area (Å²) in [6.07, 6.45) is 0. The van der Waals surface area contributed by atoms with Gasteiger partial charge in [0.15, 0.2) is 0 Å². The third-order valence-electron chi connectivity index (χ3n) is 5.16. The first-order chi connectivity index (χ1) is 13.0. The molecule has 2 heterocycles. The van der Waals surface area contributed by atoms with Gasteiger partial charge in [0.1, 0.15) is 11.5 Å². The highest BCUT2D eigenvalue weighted by molar-refractivity contribution is 7.89. The summed E-state index contributed by atoms with van der Waals surface area (Å²) < 4.78 is 32.8. The van der Waals surface area contributed by atoms with E-state index in [4.69, 9.17) is 4.42 Å². The van der Waals surface area contributed by atoms with E-state index in [1.165, 1.54) is 4.31 Å². The summed E-state index contributed by atoms with van der Waals surface area (Å²) in [7, 11) is -3.57. The number of hydrogen-bond acceptors (Lipinski definition) is 4. The maximum atomic E-state index is 13.0. The molecule has 1 amide bonds. The molecule has 0 saturated carbocycles. The smallest absolute Gasteiger partial charge is 0.257 e. The zero-order valence-corrected chi connectivity index (χ0v) is 18.0. The highest BCUT2D eigenvalue weighted by Crippen LogP contribution is 2.25. The normalized spacial score (nSPS) is 16.4. The van der Waals surface area contributed by atoms with E-state index in [1.807, 2.05) is 12.1 Å². The molecule has 1 aliphatic heterocycles. The van der Waals surface area contributed by atoms with Gasteiger partial charge in [-0.1, -0.05) is 32.9 Å². The average Bonchev–Trinajstić information content (AvgIpc) is 2.99. The summed E-state index contributed by atoms with van der Waals surface area (Å²) in [5.74, 6) is 1.18. The fraction of sp³-hybridized carbons (Fsp3) is 0.476. The van der Waals surface area contributed by atoms with E-state index in [0.29, 0.717) is 35.1 Å². The number of hydrogen-bond donors (Lipinski definition) is 0. The van der Waals surface area contributed by atoms with Crippen molar-refractivity contribution in [1.29, 1.82) is 0 Å². The van der Waals surface area contributed by atoms with Crippen molar-refractivity contribution >= 4 is 15.9 Å². The Bertz CT molecular complexity index is 961. The first kappa shape index (κ1) is 20.6. The van der Waals surface area contributed by atoms with Crippen LogP contribution in [0.1, 0.15) is 48.2 Å². The summed E-state index contributed by atoms with van der Waals surface area (Å²) in [6.45, 7) is 11.1. The van der Waals surface area contributed by atoms with Crippen molar-refractivity contribution < 1.29 is 17.6 Å². The molecule has 7 heteroatoms. The lowest BCUT2D eigenvalue weighted by molar-refractivity contribution is 0.0696. The van der Waals surface area contributed by atoms with Gasteiger partial charge in [0.05, 0.1) is 10.5 Å². The van der Waals surface area contributed by atoms with Crippen molar-refractivity contribution in [1.82, 2.24) is 9.21 Å². The van der Waals surface area contributed by atoms with Crippen LogP contribution in [0.2, 0.25) is 0 Å². The van der Waals surface area contributed by atoms with Crippen molar-refractivity contribution in [3.8, 4) is 0 Å². The first-order valence-electron chi connectivity index (χ1n) is 9.47. The zero-order chi connectivity index (χ0) is 20.7. The summed E-state index contributed by atoms with van der Waals surface area (Å²) in [5.41, 5.74) is 1.61. The van der Waals surface area contributed by atoms with Crippen molar-refractivity contribution in [2.45, 2.75) is 44.9 Å². The van der Waals surface area contributed by atoms with E-state index in [2.05, 4.69) is 20.8 Å². The summed E-state index contributed by atoms with van der Waals surface area (Å²) >= 11 is 0. The minimum atomic E-state index is -3.57. The van der Waals surface area contributed by atoms with Crippen LogP contribution < -0.4 is 0 Å². The Morgan fingerprint density at radius 3 is 2.04 bits per heavy atom. The van der Waals surface area contributed by atoms with Gasteiger partial charge in [0.25, 0.3) is 5.91 Å². The van der Waals surface area contributed by atoms with Crippen LogP contribution >= 0.6 is 0 Å². The number of nitrogens with zero attached hydrogens (tertiary/aromatic N) is 2. The monoisotopic (exact) mass is 404 g/mol. The van der Waals surface area contributed by atoms with Crippen LogP contribution in [0.15, 0.2) is 39.6 Å². The molecule has 0 radical (unpaired) electrons. The van der Waals surface area contributed by atoms with Crippen LogP contribution in [0.5, 0.6) is 0 Å². The van der Waals surface area contributed by atoms with E-state index in [0.717, 1.165) is 5.56 Å². The number of carbonyl (C=O) groups excluding carboxylic acids is 1.